The van der Waals surface area contributed by atoms with Crippen molar-refractivity contribution in [3.05, 3.63) is 64.2 Å². The lowest BCUT2D eigenvalue weighted by Crippen LogP contribution is -2.46. The molecule has 38 heavy (non-hydrogen) atoms. The van der Waals surface area contributed by atoms with Crippen LogP contribution in [0.4, 0.5) is 0 Å². The van der Waals surface area contributed by atoms with Gasteiger partial charge in [0, 0.05) is 25.1 Å². The predicted octanol–water partition coefficient (Wildman–Crippen LogP) is 4.46. The number of carbonyl (C=O) groups is 1. The molecule has 1 aromatic carbocycles. The summed E-state index contributed by atoms with van der Waals surface area (Å²) in [5.74, 6) is 5.73. The van der Waals surface area contributed by atoms with Gasteiger partial charge in [0.15, 0.2) is 0 Å². The van der Waals surface area contributed by atoms with Crippen molar-refractivity contribution in [2.75, 3.05) is 26.7 Å². The number of piperidine rings is 1. The van der Waals surface area contributed by atoms with Gasteiger partial charge in [0.25, 0.3) is 5.56 Å². The van der Waals surface area contributed by atoms with Crippen LogP contribution in [0.5, 0.6) is 0 Å². The van der Waals surface area contributed by atoms with Crippen LogP contribution in [-0.2, 0) is 11.3 Å². The zero-order valence-electron chi connectivity index (χ0n) is 23.9. The van der Waals surface area contributed by atoms with E-state index in [1.54, 1.807) is 18.2 Å². The molecule has 3 N–H and O–H groups in total. The molecule has 4 rings (SSSR count). The number of aromatic nitrogens is 2. The van der Waals surface area contributed by atoms with Gasteiger partial charge in [0.05, 0.1) is 35.9 Å². The molecule has 2 aliphatic rings. The van der Waals surface area contributed by atoms with E-state index in [4.69, 9.17) is 5.73 Å². The lowest BCUT2D eigenvalue weighted by Gasteiger charge is -2.36. The molecule has 2 heterocycles. The average Bonchev–Trinajstić information content (AvgIpc) is 2.97. The Morgan fingerprint density at radius 1 is 1.16 bits per heavy atom. The normalized spacial score (nSPS) is 15.7. The molecule has 0 radical (unpaired) electrons. The smallest absolute Gasteiger partial charge is 0.261 e. The van der Waals surface area contributed by atoms with Gasteiger partial charge in [0.1, 0.15) is 6.29 Å². The maximum Gasteiger partial charge on any atom is 0.261 e. The van der Waals surface area contributed by atoms with Crippen LogP contribution in [0.1, 0.15) is 71.8 Å². The van der Waals surface area contributed by atoms with Crippen LogP contribution in [0.15, 0.2) is 53.1 Å². The van der Waals surface area contributed by atoms with Crippen molar-refractivity contribution in [2.24, 2.45) is 5.73 Å². The number of allylic oxidation sites excluding steroid dienone is 4. The Morgan fingerprint density at radius 2 is 1.87 bits per heavy atom. The minimum atomic E-state index is -0.849. The molecule has 7 nitrogen and oxygen atoms in total. The monoisotopic (exact) mass is 522 g/mol. The Labute approximate surface area is 228 Å². The highest BCUT2D eigenvalue weighted by molar-refractivity contribution is 5.78. The highest BCUT2D eigenvalue weighted by Gasteiger charge is 2.32. The molecule has 0 saturated carbocycles. The Balaban J connectivity index is 0.000000431. The molecule has 1 aromatic heterocycles. The Kier molecular flexibility index (Phi) is 15.8. The highest BCUT2D eigenvalue weighted by Crippen LogP contribution is 2.23. The molecule has 0 amide bonds. The van der Waals surface area contributed by atoms with E-state index in [0.717, 1.165) is 44.2 Å². The summed E-state index contributed by atoms with van der Waals surface area (Å²) in [4.78, 5) is 29.2. The topological polar surface area (TPSA) is 101 Å². The Bertz CT molecular complexity index is 1160. The van der Waals surface area contributed by atoms with E-state index < -0.39 is 5.60 Å². The summed E-state index contributed by atoms with van der Waals surface area (Å²) < 4.78 is 1.51. The minimum Gasteiger partial charge on any atom is -0.388 e. The lowest BCUT2D eigenvalue weighted by molar-refractivity contribution is -0.107. The van der Waals surface area contributed by atoms with Crippen molar-refractivity contribution < 1.29 is 9.90 Å². The SMILES string of the molecule is CC.CC.CN1CCC(O)(Cn2cnc3cc(C#CCN)ccc3c2=O)CC1.O=CCCC1=CCCC=C1. The first-order chi connectivity index (χ1) is 18.4. The van der Waals surface area contributed by atoms with Crippen LogP contribution in [0.3, 0.4) is 0 Å². The fourth-order valence-electron chi connectivity index (χ4n) is 4.09. The second-order valence-corrected chi connectivity index (χ2v) is 8.91. The number of aliphatic hydroxyl groups is 1. The number of carbonyl (C=O) groups excluding carboxylic acids is 1. The molecular formula is C31H46N4O3. The van der Waals surface area contributed by atoms with Gasteiger partial charge in [-0.15, -0.1) is 0 Å². The summed E-state index contributed by atoms with van der Waals surface area (Å²) in [7, 11) is 2.04. The molecule has 0 bridgehead atoms. The predicted molar refractivity (Wildman–Crippen MR) is 158 cm³/mol. The van der Waals surface area contributed by atoms with Gasteiger partial charge in [0.2, 0.25) is 0 Å². The molecule has 0 unspecified atom stereocenters. The number of likely N-dealkylation sites (tertiary alicyclic amines) is 1. The van der Waals surface area contributed by atoms with E-state index in [1.165, 1.54) is 16.5 Å². The maximum atomic E-state index is 12.7. The van der Waals surface area contributed by atoms with E-state index in [-0.39, 0.29) is 12.1 Å². The van der Waals surface area contributed by atoms with Crippen molar-refractivity contribution in [3.63, 3.8) is 0 Å². The number of nitrogens with two attached hydrogens (primary N) is 1. The van der Waals surface area contributed by atoms with Crippen LogP contribution in [-0.4, -0.2) is 58.1 Å². The van der Waals surface area contributed by atoms with E-state index in [1.807, 2.05) is 34.7 Å². The number of benzene rings is 1. The van der Waals surface area contributed by atoms with Crippen LogP contribution in [0.2, 0.25) is 0 Å². The molecule has 1 fully saturated rings. The van der Waals surface area contributed by atoms with Crippen molar-refractivity contribution in [1.29, 1.82) is 0 Å². The number of hydrogen-bond acceptors (Lipinski definition) is 6. The molecular weight excluding hydrogens is 476 g/mol. The first-order valence-corrected chi connectivity index (χ1v) is 13.8. The molecule has 0 spiro atoms. The van der Waals surface area contributed by atoms with E-state index in [9.17, 15) is 14.7 Å². The van der Waals surface area contributed by atoms with Crippen molar-refractivity contribution >= 4 is 17.2 Å². The van der Waals surface area contributed by atoms with Gasteiger partial charge in [-0.25, -0.2) is 4.98 Å². The fraction of sp³-hybridized carbons (Fsp3) is 0.516. The van der Waals surface area contributed by atoms with Crippen molar-refractivity contribution in [2.45, 2.75) is 78.4 Å². The molecule has 7 heteroatoms. The summed E-state index contributed by atoms with van der Waals surface area (Å²) in [6.07, 6.45) is 14.2. The third kappa shape index (κ3) is 10.7. The van der Waals surface area contributed by atoms with Crippen LogP contribution >= 0.6 is 0 Å². The molecule has 0 atom stereocenters. The Morgan fingerprint density at radius 3 is 2.47 bits per heavy atom. The van der Waals surface area contributed by atoms with Gasteiger partial charge < -0.3 is 20.5 Å². The van der Waals surface area contributed by atoms with E-state index in [0.29, 0.717) is 36.7 Å². The van der Waals surface area contributed by atoms with Gasteiger partial charge in [-0.2, -0.15) is 0 Å². The van der Waals surface area contributed by atoms with Gasteiger partial charge in [-0.1, -0.05) is 63.3 Å². The van der Waals surface area contributed by atoms with Crippen molar-refractivity contribution in [3.8, 4) is 11.8 Å². The highest BCUT2D eigenvalue weighted by atomic mass is 16.3. The summed E-state index contributed by atoms with van der Waals surface area (Å²) in [6, 6.07) is 5.32. The quantitative estimate of drug-likeness (QED) is 0.444. The Hall–Kier alpha value is -3.05. The van der Waals surface area contributed by atoms with Gasteiger partial charge in [-0.05, 0) is 57.4 Å². The van der Waals surface area contributed by atoms with E-state index >= 15 is 0 Å². The average molecular weight is 523 g/mol. The molecule has 1 saturated heterocycles. The fourth-order valence-corrected chi connectivity index (χ4v) is 4.09. The second kappa shape index (κ2) is 18.2. The third-order valence-electron chi connectivity index (χ3n) is 6.17. The van der Waals surface area contributed by atoms with E-state index in [2.05, 4.69) is 40.0 Å². The number of hydrogen-bond donors (Lipinski definition) is 2. The number of rotatable bonds is 5. The molecule has 1 aliphatic heterocycles. The summed E-state index contributed by atoms with van der Waals surface area (Å²) in [6.45, 7) is 10.2. The van der Waals surface area contributed by atoms with Gasteiger partial charge >= 0.3 is 0 Å². The zero-order valence-corrected chi connectivity index (χ0v) is 23.9. The molecule has 2 aromatic rings. The van der Waals surface area contributed by atoms with Crippen LogP contribution in [0.25, 0.3) is 10.9 Å². The zero-order chi connectivity index (χ0) is 28.4. The van der Waals surface area contributed by atoms with Crippen LogP contribution < -0.4 is 11.3 Å². The largest absolute Gasteiger partial charge is 0.388 e. The summed E-state index contributed by atoms with van der Waals surface area (Å²) >= 11 is 0. The lowest BCUT2D eigenvalue weighted by atomic mass is 9.91. The van der Waals surface area contributed by atoms with Crippen LogP contribution in [0, 0.1) is 11.8 Å². The number of nitrogens with zero attached hydrogens (tertiary/aromatic N) is 3. The standard InChI is InChI=1S/C18H22N4O2.C9H12O.2C2H6/c1-21-9-6-18(24,7-10-21)12-22-13-20-16-11-14(3-2-8-19)4-5-15(16)17(22)23;10-8-4-7-9-5-2-1-3-6-9;2*1-2/h4-5,11,13,24H,6-10,12,19H2,1H3;2,5-6,8H,1,3-4,7H2;2*1-2H3. The number of fused-ring (bicyclic) bond motifs is 1. The third-order valence-corrected chi connectivity index (χ3v) is 6.17. The van der Waals surface area contributed by atoms with Gasteiger partial charge in [-0.3, -0.25) is 9.36 Å². The first kappa shape index (κ1) is 33.0. The molecule has 1 aliphatic carbocycles. The maximum absolute atomic E-state index is 12.7. The molecule has 208 valence electrons. The van der Waals surface area contributed by atoms with Crippen molar-refractivity contribution in [1.82, 2.24) is 14.5 Å². The summed E-state index contributed by atoms with van der Waals surface area (Å²) in [5.41, 5.74) is 7.10. The summed E-state index contributed by atoms with van der Waals surface area (Å²) in [5, 5.41) is 11.3. The second-order valence-electron chi connectivity index (χ2n) is 8.91. The first-order valence-electron chi connectivity index (χ1n) is 13.8. The number of aldehydes is 1. The minimum absolute atomic E-state index is 0.134.